The Morgan fingerprint density at radius 3 is 2.42 bits per heavy atom. The van der Waals surface area contributed by atoms with Gasteiger partial charge in [-0.3, -0.25) is 0 Å². The first kappa shape index (κ1) is 16.3. The highest BCUT2D eigenvalue weighted by Crippen LogP contribution is 2.30. The lowest BCUT2D eigenvalue weighted by atomic mass is 10.1. The Kier molecular flexibility index (Phi) is 5.67. The van der Waals surface area contributed by atoms with Crippen LogP contribution in [0.2, 0.25) is 0 Å². The molecule has 1 aromatic rings. The molecule has 0 saturated carbocycles. The van der Waals surface area contributed by atoms with Gasteiger partial charge in [0.1, 0.15) is 6.54 Å². The third-order valence-electron chi connectivity index (χ3n) is 2.66. The van der Waals surface area contributed by atoms with E-state index in [0.29, 0.717) is 28.7 Å². The second kappa shape index (κ2) is 6.61. The van der Waals surface area contributed by atoms with Gasteiger partial charge in [0.2, 0.25) is 0 Å². The molecule has 0 amide bonds. The zero-order valence-corrected chi connectivity index (χ0v) is 12.4. The minimum Gasteiger partial charge on any atom is -0.389 e. The van der Waals surface area contributed by atoms with Crippen LogP contribution in [-0.2, 0) is 0 Å². The van der Waals surface area contributed by atoms with Crippen molar-refractivity contribution in [1.29, 1.82) is 0 Å². The SMILES string of the molecule is CCCN(CC(F)(F)F)c1ccc(C(C)O)c(Br)c1. The van der Waals surface area contributed by atoms with Crippen LogP contribution in [0.3, 0.4) is 0 Å². The molecule has 1 rings (SSSR count). The Morgan fingerprint density at radius 1 is 1.37 bits per heavy atom. The molecule has 1 N–H and O–H groups in total. The van der Waals surface area contributed by atoms with Crippen LogP contribution in [0.4, 0.5) is 18.9 Å². The summed E-state index contributed by atoms with van der Waals surface area (Å²) in [7, 11) is 0. The second-order valence-electron chi connectivity index (χ2n) is 4.42. The van der Waals surface area contributed by atoms with E-state index in [2.05, 4.69) is 15.9 Å². The molecule has 0 heterocycles. The zero-order valence-electron chi connectivity index (χ0n) is 10.8. The van der Waals surface area contributed by atoms with E-state index < -0.39 is 18.8 Å². The van der Waals surface area contributed by atoms with Gasteiger partial charge in [0.05, 0.1) is 6.10 Å². The first-order valence-corrected chi connectivity index (χ1v) is 6.83. The summed E-state index contributed by atoms with van der Waals surface area (Å²) in [5, 5.41) is 9.50. The van der Waals surface area contributed by atoms with Crippen LogP contribution >= 0.6 is 15.9 Å². The topological polar surface area (TPSA) is 23.5 Å². The Hall–Kier alpha value is -0.750. The molecule has 0 aromatic heterocycles. The van der Waals surface area contributed by atoms with Crippen molar-refractivity contribution in [3.8, 4) is 0 Å². The normalized spacial score (nSPS) is 13.4. The Bertz CT molecular complexity index is 421. The number of alkyl halides is 3. The molecule has 0 aliphatic rings. The number of aliphatic hydroxyl groups excluding tert-OH is 1. The molecule has 2 nitrogen and oxygen atoms in total. The molecule has 0 fully saturated rings. The van der Waals surface area contributed by atoms with Gasteiger partial charge in [-0.25, -0.2) is 0 Å². The van der Waals surface area contributed by atoms with Gasteiger partial charge in [0.15, 0.2) is 0 Å². The summed E-state index contributed by atoms with van der Waals surface area (Å²) in [6.45, 7) is 2.81. The van der Waals surface area contributed by atoms with Gasteiger partial charge in [-0.2, -0.15) is 13.2 Å². The van der Waals surface area contributed by atoms with E-state index in [1.54, 1.807) is 25.1 Å². The summed E-state index contributed by atoms with van der Waals surface area (Å²) in [6.07, 6.45) is -4.26. The van der Waals surface area contributed by atoms with Gasteiger partial charge in [-0.05, 0) is 31.0 Å². The average Bonchev–Trinajstić information content (AvgIpc) is 2.26. The van der Waals surface area contributed by atoms with Crippen molar-refractivity contribution in [1.82, 2.24) is 0 Å². The van der Waals surface area contributed by atoms with Crippen LogP contribution in [0.25, 0.3) is 0 Å². The van der Waals surface area contributed by atoms with Crippen LogP contribution in [0, 0.1) is 0 Å². The molecule has 0 radical (unpaired) electrons. The average molecular weight is 340 g/mol. The molecule has 0 aliphatic carbocycles. The molecular formula is C13H17BrF3NO. The largest absolute Gasteiger partial charge is 0.405 e. The fraction of sp³-hybridized carbons (Fsp3) is 0.538. The van der Waals surface area contributed by atoms with Gasteiger partial charge in [0.25, 0.3) is 0 Å². The molecule has 0 spiro atoms. The van der Waals surface area contributed by atoms with Crippen molar-refractivity contribution in [3.05, 3.63) is 28.2 Å². The maximum atomic E-state index is 12.5. The number of rotatable bonds is 5. The minimum absolute atomic E-state index is 0.333. The van der Waals surface area contributed by atoms with Crippen LogP contribution in [0.1, 0.15) is 31.9 Å². The third-order valence-corrected chi connectivity index (χ3v) is 3.35. The van der Waals surface area contributed by atoms with E-state index in [1.165, 1.54) is 4.90 Å². The quantitative estimate of drug-likeness (QED) is 0.865. The first-order valence-electron chi connectivity index (χ1n) is 6.03. The van der Waals surface area contributed by atoms with E-state index >= 15 is 0 Å². The first-order chi connectivity index (χ1) is 8.74. The maximum absolute atomic E-state index is 12.5. The number of benzene rings is 1. The summed E-state index contributed by atoms with van der Waals surface area (Å²) in [5.74, 6) is 0. The van der Waals surface area contributed by atoms with Gasteiger partial charge in [-0.15, -0.1) is 0 Å². The molecular weight excluding hydrogens is 323 g/mol. The fourth-order valence-electron chi connectivity index (χ4n) is 1.84. The Morgan fingerprint density at radius 2 is 2.00 bits per heavy atom. The number of hydrogen-bond donors (Lipinski definition) is 1. The zero-order chi connectivity index (χ0) is 14.6. The molecule has 6 heteroatoms. The second-order valence-corrected chi connectivity index (χ2v) is 5.27. The predicted molar refractivity (Wildman–Crippen MR) is 73.3 cm³/mol. The van der Waals surface area contributed by atoms with Gasteiger partial charge >= 0.3 is 6.18 Å². The van der Waals surface area contributed by atoms with Crippen molar-refractivity contribution in [2.24, 2.45) is 0 Å². The summed E-state index contributed by atoms with van der Waals surface area (Å²) in [5.41, 5.74) is 1.16. The molecule has 1 unspecified atom stereocenters. The lowest BCUT2D eigenvalue weighted by Gasteiger charge is -2.26. The number of halogens is 4. The Balaban J connectivity index is 3.00. The van der Waals surface area contributed by atoms with E-state index in [1.807, 2.05) is 6.92 Å². The summed E-state index contributed by atoms with van der Waals surface area (Å²) < 4.78 is 38.2. The summed E-state index contributed by atoms with van der Waals surface area (Å²) in [4.78, 5) is 1.29. The fourth-order valence-corrected chi connectivity index (χ4v) is 2.54. The van der Waals surface area contributed by atoms with Crippen LogP contribution in [0.15, 0.2) is 22.7 Å². The number of nitrogens with zero attached hydrogens (tertiary/aromatic N) is 1. The lowest BCUT2D eigenvalue weighted by Crippen LogP contribution is -2.34. The highest BCUT2D eigenvalue weighted by atomic mass is 79.9. The van der Waals surface area contributed by atoms with Crippen molar-refractivity contribution in [2.75, 3.05) is 18.0 Å². The van der Waals surface area contributed by atoms with Crippen molar-refractivity contribution in [3.63, 3.8) is 0 Å². The van der Waals surface area contributed by atoms with Crippen LogP contribution < -0.4 is 4.90 Å². The van der Waals surface area contributed by atoms with Crippen molar-refractivity contribution < 1.29 is 18.3 Å². The number of aliphatic hydroxyl groups is 1. The van der Waals surface area contributed by atoms with Gasteiger partial charge in [0, 0.05) is 16.7 Å². The lowest BCUT2D eigenvalue weighted by molar-refractivity contribution is -0.119. The van der Waals surface area contributed by atoms with E-state index in [0.717, 1.165) is 0 Å². The van der Waals surface area contributed by atoms with Gasteiger partial charge < -0.3 is 10.0 Å². The Labute approximate surface area is 119 Å². The summed E-state index contributed by atoms with van der Waals surface area (Å²) >= 11 is 3.28. The van der Waals surface area contributed by atoms with Crippen LogP contribution in [0.5, 0.6) is 0 Å². The third kappa shape index (κ3) is 5.03. The van der Waals surface area contributed by atoms with Crippen molar-refractivity contribution >= 4 is 21.6 Å². The molecule has 0 saturated heterocycles. The van der Waals surface area contributed by atoms with Crippen LogP contribution in [-0.4, -0.2) is 24.4 Å². The van der Waals surface area contributed by atoms with E-state index in [9.17, 15) is 18.3 Å². The van der Waals surface area contributed by atoms with E-state index in [-0.39, 0.29) is 0 Å². The molecule has 108 valence electrons. The van der Waals surface area contributed by atoms with Crippen molar-refractivity contribution in [2.45, 2.75) is 32.5 Å². The monoisotopic (exact) mass is 339 g/mol. The molecule has 0 bridgehead atoms. The maximum Gasteiger partial charge on any atom is 0.405 e. The summed E-state index contributed by atoms with van der Waals surface area (Å²) in [6, 6.07) is 4.86. The van der Waals surface area contributed by atoms with E-state index in [4.69, 9.17) is 0 Å². The molecule has 19 heavy (non-hydrogen) atoms. The predicted octanol–water partition coefficient (Wildman–Crippen LogP) is 4.28. The number of hydrogen-bond acceptors (Lipinski definition) is 2. The highest BCUT2D eigenvalue weighted by molar-refractivity contribution is 9.10. The minimum atomic E-state index is -4.23. The smallest absolute Gasteiger partial charge is 0.389 e. The standard InChI is InChI=1S/C13H17BrF3NO/c1-3-6-18(8-13(15,16)17)10-4-5-11(9(2)19)12(14)7-10/h4-5,7,9,19H,3,6,8H2,1-2H3. The molecule has 0 aliphatic heterocycles. The number of anilines is 1. The highest BCUT2D eigenvalue weighted by Gasteiger charge is 2.30. The molecule has 1 aromatic carbocycles. The van der Waals surface area contributed by atoms with Gasteiger partial charge in [-0.1, -0.05) is 28.9 Å². The molecule has 1 atom stereocenters.